The summed E-state index contributed by atoms with van der Waals surface area (Å²) in [5, 5.41) is 5.42. The number of benzene rings is 2. The highest BCUT2D eigenvalue weighted by Gasteiger charge is 2.06. The fourth-order valence-corrected chi connectivity index (χ4v) is 2.22. The first-order valence-corrected chi connectivity index (χ1v) is 7.87. The Morgan fingerprint density at radius 3 is 2.25 bits per heavy atom. The predicted octanol–water partition coefficient (Wildman–Crippen LogP) is 1.71. The van der Waals surface area contributed by atoms with Gasteiger partial charge in [-0.25, -0.2) is 0 Å². The molecule has 2 aromatic rings. The largest absolute Gasteiger partial charge is 0.497 e. The van der Waals surface area contributed by atoms with Gasteiger partial charge in [0.1, 0.15) is 5.75 Å². The molecule has 0 aliphatic carbocycles. The standard InChI is InChI=1S/C19H22N2O3/c1-24-17-9-7-15(8-10-17)11-12-20-19(23)14-21-18(22)13-16-5-3-2-4-6-16/h2-10H,11-14H2,1H3,(H,20,23)(H,21,22). The van der Waals surface area contributed by atoms with E-state index >= 15 is 0 Å². The van der Waals surface area contributed by atoms with Crippen molar-refractivity contribution in [2.45, 2.75) is 12.8 Å². The van der Waals surface area contributed by atoms with Gasteiger partial charge in [0.25, 0.3) is 0 Å². The second-order valence-corrected chi connectivity index (χ2v) is 5.39. The lowest BCUT2D eigenvalue weighted by molar-refractivity contribution is -0.125. The third-order valence-electron chi connectivity index (χ3n) is 3.55. The summed E-state index contributed by atoms with van der Waals surface area (Å²) in [6, 6.07) is 17.1. The molecule has 0 heterocycles. The maximum absolute atomic E-state index is 11.8. The Kier molecular flexibility index (Phi) is 6.83. The zero-order valence-electron chi connectivity index (χ0n) is 13.7. The molecule has 0 aromatic heterocycles. The Hall–Kier alpha value is -2.82. The molecule has 5 heteroatoms. The molecule has 24 heavy (non-hydrogen) atoms. The lowest BCUT2D eigenvalue weighted by Gasteiger charge is -2.08. The van der Waals surface area contributed by atoms with Crippen molar-refractivity contribution in [1.82, 2.24) is 10.6 Å². The van der Waals surface area contributed by atoms with Crippen molar-refractivity contribution >= 4 is 11.8 Å². The summed E-state index contributed by atoms with van der Waals surface area (Å²) in [6.45, 7) is 0.522. The van der Waals surface area contributed by atoms with Crippen LogP contribution in [0.25, 0.3) is 0 Å². The third kappa shape index (κ3) is 6.12. The van der Waals surface area contributed by atoms with Crippen LogP contribution in [0.1, 0.15) is 11.1 Å². The summed E-state index contributed by atoms with van der Waals surface area (Å²) < 4.78 is 5.10. The van der Waals surface area contributed by atoms with Crippen molar-refractivity contribution in [3.05, 3.63) is 65.7 Å². The van der Waals surface area contributed by atoms with Crippen molar-refractivity contribution < 1.29 is 14.3 Å². The third-order valence-corrected chi connectivity index (χ3v) is 3.55. The van der Waals surface area contributed by atoms with E-state index in [-0.39, 0.29) is 24.8 Å². The smallest absolute Gasteiger partial charge is 0.239 e. The zero-order valence-corrected chi connectivity index (χ0v) is 13.7. The van der Waals surface area contributed by atoms with Crippen LogP contribution in [0, 0.1) is 0 Å². The van der Waals surface area contributed by atoms with Gasteiger partial charge in [0.2, 0.25) is 11.8 Å². The SMILES string of the molecule is COc1ccc(CCNC(=O)CNC(=O)Cc2ccccc2)cc1. The molecule has 2 amide bonds. The van der Waals surface area contributed by atoms with E-state index in [1.165, 1.54) is 0 Å². The van der Waals surface area contributed by atoms with Crippen LogP contribution >= 0.6 is 0 Å². The van der Waals surface area contributed by atoms with Gasteiger partial charge in [-0.05, 0) is 29.7 Å². The van der Waals surface area contributed by atoms with Crippen LogP contribution in [0.4, 0.5) is 0 Å². The molecule has 0 spiro atoms. The first kappa shape index (κ1) is 17.5. The molecule has 0 bridgehead atoms. The van der Waals surface area contributed by atoms with E-state index < -0.39 is 0 Å². The first-order chi connectivity index (χ1) is 11.7. The number of methoxy groups -OCH3 is 1. The predicted molar refractivity (Wildman–Crippen MR) is 92.9 cm³/mol. The number of nitrogens with one attached hydrogen (secondary N) is 2. The summed E-state index contributed by atoms with van der Waals surface area (Å²) in [7, 11) is 1.63. The Balaban J connectivity index is 1.63. The molecule has 126 valence electrons. The lowest BCUT2D eigenvalue weighted by atomic mass is 10.1. The van der Waals surface area contributed by atoms with Crippen LogP contribution < -0.4 is 15.4 Å². The van der Waals surface area contributed by atoms with E-state index in [1.807, 2.05) is 54.6 Å². The van der Waals surface area contributed by atoms with Crippen molar-refractivity contribution in [3.8, 4) is 5.75 Å². The van der Waals surface area contributed by atoms with Crippen molar-refractivity contribution in [2.24, 2.45) is 0 Å². The minimum absolute atomic E-state index is 0.00568. The van der Waals surface area contributed by atoms with E-state index in [4.69, 9.17) is 4.74 Å². The molecule has 0 saturated heterocycles. The molecule has 0 radical (unpaired) electrons. The summed E-state index contributed by atoms with van der Waals surface area (Å²) in [6.07, 6.45) is 1.01. The van der Waals surface area contributed by atoms with E-state index in [9.17, 15) is 9.59 Å². The van der Waals surface area contributed by atoms with E-state index in [0.29, 0.717) is 6.54 Å². The highest BCUT2D eigenvalue weighted by Crippen LogP contribution is 2.11. The topological polar surface area (TPSA) is 67.4 Å². The van der Waals surface area contributed by atoms with E-state index in [2.05, 4.69) is 10.6 Å². The fourth-order valence-electron chi connectivity index (χ4n) is 2.22. The molecule has 0 aliphatic rings. The average molecular weight is 326 g/mol. The second-order valence-electron chi connectivity index (χ2n) is 5.39. The second kappa shape index (κ2) is 9.35. The molecule has 2 N–H and O–H groups in total. The van der Waals surface area contributed by atoms with Gasteiger partial charge in [-0.15, -0.1) is 0 Å². The Labute approximate surface area is 142 Å². The number of rotatable bonds is 8. The van der Waals surface area contributed by atoms with Crippen LogP contribution in [0.5, 0.6) is 5.75 Å². The molecule has 0 unspecified atom stereocenters. The van der Waals surface area contributed by atoms with E-state index in [0.717, 1.165) is 23.3 Å². The first-order valence-electron chi connectivity index (χ1n) is 7.87. The summed E-state index contributed by atoms with van der Waals surface area (Å²) in [4.78, 5) is 23.5. The van der Waals surface area contributed by atoms with Crippen LogP contribution in [0.15, 0.2) is 54.6 Å². The molecule has 0 aliphatic heterocycles. The van der Waals surface area contributed by atoms with Gasteiger partial charge in [0, 0.05) is 6.54 Å². The van der Waals surface area contributed by atoms with Gasteiger partial charge < -0.3 is 15.4 Å². The summed E-state index contributed by atoms with van der Waals surface area (Å²) >= 11 is 0. The highest BCUT2D eigenvalue weighted by molar-refractivity contribution is 5.85. The minimum Gasteiger partial charge on any atom is -0.497 e. The highest BCUT2D eigenvalue weighted by atomic mass is 16.5. The Morgan fingerprint density at radius 2 is 1.58 bits per heavy atom. The van der Waals surface area contributed by atoms with Gasteiger partial charge in [0.05, 0.1) is 20.1 Å². The van der Waals surface area contributed by atoms with E-state index in [1.54, 1.807) is 7.11 Å². The van der Waals surface area contributed by atoms with Crippen LogP contribution in [-0.4, -0.2) is 32.0 Å². The quantitative estimate of drug-likeness (QED) is 0.776. The normalized spacial score (nSPS) is 10.0. The van der Waals surface area contributed by atoms with Crippen LogP contribution in [0.3, 0.4) is 0 Å². The van der Waals surface area contributed by atoms with Gasteiger partial charge in [-0.3, -0.25) is 9.59 Å². The Bertz CT molecular complexity index is 654. The number of amides is 2. The molecule has 2 aromatic carbocycles. The minimum atomic E-state index is -0.190. The average Bonchev–Trinajstić information content (AvgIpc) is 2.61. The molecular formula is C19H22N2O3. The van der Waals surface area contributed by atoms with Gasteiger partial charge in [0.15, 0.2) is 0 Å². The number of hydrogen-bond acceptors (Lipinski definition) is 3. The van der Waals surface area contributed by atoms with Crippen molar-refractivity contribution in [1.29, 1.82) is 0 Å². The molecular weight excluding hydrogens is 304 g/mol. The van der Waals surface area contributed by atoms with Gasteiger partial charge >= 0.3 is 0 Å². The molecule has 2 rings (SSSR count). The number of carbonyl (C=O) groups excluding carboxylic acids is 2. The molecule has 0 atom stereocenters. The summed E-state index contributed by atoms with van der Waals surface area (Å²) in [5.74, 6) is 0.459. The fraction of sp³-hybridized carbons (Fsp3) is 0.263. The Morgan fingerprint density at radius 1 is 0.875 bits per heavy atom. The lowest BCUT2D eigenvalue weighted by Crippen LogP contribution is -2.38. The van der Waals surface area contributed by atoms with Crippen molar-refractivity contribution in [3.63, 3.8) is 0 Å². The zero-order chi connectivity index (χ0) is 17.2. The molecule has 0 saturated carbocycles. The number of carbonyl (C=O) groups is 2. The van der Waals surface area contributed by atoms with Gasteiger partial charge in [-0.1, -0.05) is 42.5 Å². The van der Waals surface area contributed by atoms with Gasteiger partial charge in [-0.2, -0.15) is 0 Å². The van der Waals surface area contributed by atoms with Crippen LogP contribution in [0.2, 0.25) is 0 Å². The molecule has 5 nitrogen and oxygen atoms in total. The van der Waals surface area contributed by atoms with Crippen molar-refractivity contribution in [2.75, 3.05) is 20.2 Å². The monoisotopic (exact) mass is 326 g/mol. The maximum Gasteiger partial charge on any atom is 0.239 e. The summed E-state index contributed by atoms with van der Waals surface area (Å²) in [5.41, 5.74) is 2.04. The number of ether oxygens (including phenoxy) is 1. The number of hydrogen-bond donors (Lipinski definition) is 2. The maximum atomic E-state index is 11.8. The molecule has 0 fully saturated rings. The van der Waals surface area contributed by atoms with Crippen LogP contribution in [-0.2, 0) is 22.4 Å².